The molecule has 0 atom stereocenters. The Kier molecular flexibility index (Phi) is 7.29. The molecule has 0 radical (unpaired) electrons. The highest BCUT2D eigenvalue weighted by Gasteiger charge is 2.25. The second-order valence-electron chi connectivity index (χ2n) is 9.48. The summed E-state index contributed by atoms with van der Waals surface area (Å²) in [6.45, 7) is 5.72. The Morgan fingerprint density at radius 3 is 2.61 bits per heavy atom. The molecule has 2 fully saturated rings. The van der Waals surface area contributed by atoms with Gasteiger partial charge in [0.05, 0.1) is 36.9 Å². The number of benzene rings is 1. The van der Waals surface area contributed by atoms with Crippen LogP contribution < -0.4 is 14.8 Å². The van der Waals surface area contributed by atoms with Crippen molar-refractivity contribution in [3.63, 3.8) is 0 Å². The fourth-order valence-corrected chi connectivity index (χ4v) is 6.29. The van der Waals surface area contributed by atoms with Crippen molar-refractivity contribution in [2.24, 2.45) is 0 Å². The summed E-state index contributed by atoms with van der Waals surface area (Å²) in [6.07, 6.45) is 6.15. The molecule has 0 amide bonds. The number of ether oxygens (including phenoxy) is 2. The number of methoxy groups -OCH3 is 1. The van der Waals surface area contributed by atoms with Gasteiger partial charge in [0, 0.05) is 31.0 Å². The van der Waals surface area contributed by atoms with Crippen LogP contribution in [0.4, 0.5) is 5.82 Å². The third kappa shape index (κ3) is 5.73. The predicted octanol–water partition coefficient (Wildman–Crippen LogP) is 3.46. The van der Waals surface area contributed by atoms with E-state index in [4.69, 9.17) is 23.9 Å². The summed E-state index contributed by atoms with van der Waals surface area (Å²) in [5, 5.41) is 4.22. The zero-order valence-electron chi connectivity index (χ0n) is 20.8. The molecule has 10 nitrogen and oxygen atoms in total. The normalized spacial score (nSPS) is 18.5. The van der Waals surface area contributed by atoms with Gasteiger partial charge in [-0.2, -0.15) is 0 Å². The summed E-state index contributed by atoms with van der Waals surface area (Å²) >= 11 is 0. The van der Waals surface area contributed by atoms with Gasteiger partial charge in [0.15, 0.2) is 29.0 Å². The molecule has 5 rings (SSSR count). The van der Waals surface area contributed by atoms with Gasteiger partial charge in [0.2, 0.25) is 0 Å². The number of nitrogens with zero attached hydrogens (tertiary/aromatic N) is 4. The van der Waals surface area contributed by atoms with Crippen LogP contribution in [0.15, 0.2) is 22.7 Å². The minimum atomic E-state index is -2.97. The van der Waals surface area contributed by atoms with Crippen LogP contribution in [0, 0.1) is 6.92 Å². The van der Waals surface area contributed by atoms with Gasteiger partial charge in [-0.1, -0.05) is 0 Å². The maximum absolute atomic E-state index is 11.9. The average molecular weight is 516 g/mol. The van der Waals surface area contributed by atoms with Crippen molar-refractivity contribution in [1.82, 2.24) is 19.9 Å². The molecule has 1 N–H and O–H groups in total. The minimum absolute atomic E-state index is 0.0107. The van der Waals surface area contributed by atoms with Crippen molar-refractivity contribution >= 4 is 26.6 Å². The van der Waals surface area contributed by atoms with Crippen LogP contribution in [-0.4, -0.2) is 79.2 Å². The molecule has 2 aliphatic heterocycles. The molecule has 0 aliphatic carbocycles. The first kappa shape index (κ1) is 24.8. The van der Waals surface area contributed by atoms with E-state index < -0.39 is 9.84 Å². The van der Waals surface area contributed by atoms with E-state index in [1.165, 1.54) is 25.9 Å². The molecule has 194 valence electrons. The van der Waals surface area contributed by atoms with Crippen LogP contribution in [0.2, 0.25) is 0 Å². The van der Waals surface area contributed by atoms with Crippen LogP contribution in [0.25, 0.3) is 22.5 Å². The van der Waals surface area contributed by atoms with Crippen LogP contribution in [-0.2, 0) is 9.84 Å². The van der Waals surface area contributed by atoms with Crippen LogP contribution in [0.3, 0.4) is 0 Å². The van der Waals surface area contributed by atoms with Crippen molar-refractivity contribution in [3.8, 4) is 23.1 Å². The first-order valence-electron chi connectivity index (χ1n) is 12.5. The number of aryl methyl sites for hydroxylation is 1. The number of hydrogen-bond donors (Lipinski definition) is 1. The molecule has 11 heteroatoms. The molecular formula is C25H33N5O5S. The van der Waals surface area contributed by atoms with Crippen LogP contribution >= 0.6 is 0 Å². The molecule has 1 aromatic carbocycles. The lowest BCUT2D eigenvalue weighted by atomic mass is 10.1. The van der Waals surface area contributed by atoms with E-state index in [1.807, 2.05) is 12.1 Å². The molecule has 0 unspecified atom stereocenters. The third-order valence-electron chi connectivity index (χ3n) is 6.79. The number of hydrogen-bond acceptors (Lipinski definition) is 10. The van der Waals surface area contributed by atoms with Gasteiger partial charge in [0.1, 0.15) is 15.7 Å². The Morgan fingerprint density at radius 1 is 1.14 bits per heavy atom. The first-order valence-corrected chi connectivity index (χ1v) is 14.4. The van der Waals surface area contributed by atoms with Crippen LogP contribution in [0.1, 0.15) is 38.0 Å². The second kappa shape index (κ2) is 10.6. The highest BCUT2D eigenvalue weighted by atomic mass is 32.2. The van der Waals surface area contributed by atoms with Gasteiger partial charge in [-0.3, -0.25) is 0 Å². The number of likely N-dealkylation sites (tertiary alicyclic amines) is 1. The average Bonchev–Trinajstić information content (AvgIpc) is 3.54. The first-order chi connectivity index (χ1) is 17.4. The SMILES string of the molecule is COc1cc2c(NC3CCS(=O)(=O)CC3)nc(-c3cnc(C)o3)nc2cc1OCCCN1CCCC1. The quantitative estimate of drug-likeness (QED) is 0.424. The number of sulfone groups is 1. The molecule has 0 saturated carbocycles. The summed E-state index contributed by atoms with van der Waals surface area (Å²) in [7, 11) is -1.35. The van der Waals surface area contributed by atoms with Gasteiger partial charge in [-0.15, -0.1) is 0 Å². The summed E-state index contributed by atoms with van der Waals surface area (Å²) < 4.78 is 41.3. The van der Waals surface area contributed by atoms with Gasteiger partial charge >= 0.3 is 0 Å². The number of oxazole rings is 1. The Labute approximate surface area is 211 Å². The summed E-state index contributed by atoms with van der Waals surface area (Å²) in [4.78, 5) is 16.1. The lowest BCUT2D eigenvalue weighted by molar-refractivity contribution is 0.254. The lowest BCUT2D eigenvalue weighted by Crippen LogP contribution is -2.32. The minimum Gasteiger partial charge on any atom is -0.493 e. The fourth-order valence-electron chi connectivity index (χ4n) is 4.80. The van der Waals surface area contributed by atoms with Crippen molar-refractivity contribution in [3.05, 3.63) is 24.2 Å². The number of aromatic nitrogens is 3. The van der Waals surface area contributed by atoms with Crippen molar-refractivity contribution in [2.45, 2.75) is 45.1 Å². The van der Waals surface area contributed by atoms with E-state index in [0.717, 1.165) is 18.4 Å². The number of anilines is 1. The smallest absolute Gasteiger partial charge is 0.199 e. The van der Waals surface area contributed by atoms with E-state index >= 15 is 0 Å². The summed E-state index contributed by atoms with van der Waals surface area (Å²) in [5.74, 6) is 3.56. The number of nitrogens with one attached hydrogen (secondary N) is 1. The molecular weight excluding hydrogens is 482 g/mol. The summed E-state index contributed by atoms with van der Waals surface area (Å²) in [6, 6.07) is 3.74. The largest absolute Gasteiger partial charge is 0.493 e. The van der Waals surface area contributed by atoms with Gasteiger partial charge in [-0.05, 0) is 51.3 Å². The molecule has 2 saturated heterocycles. The summed E-state index contributed by atoms with van der Waals surface area (Å²) in [5.41, 5.74) is 0.676. The molecule has 2 aromatic heterocycles. The van der Waals surface area contributed by atoms with E-state index in [9.17, 15) is 8.42 Å². The number of fused-ring (bicyclic) bond motifs is 1. The predicted molar refractivity (Wildman–Crippen MR) is 137 cm³/mol. The van der Waals surface area contributed by atoms with E-state index in [0.29, 0.717) is 59.8 Å². The molecule has 3 aromatic rings. The zero-order valence-corrected chi connectivity index (χ0v) is 21.6. The van der Waals surface area contributed by atoms with E-state index in [2.05, 4.69) is 15.2 Å². The van der Waals surface area contributed by atoms with Crippen molar-refractivity contribution < 1.29 is 22.3 Å². The van der Waals surface area contributed by atoms with E-state index in [-0.39, 0.29) is 17.5 Å². The zero-order chi connectivity index (χ0) is 25.1. The standard InChI is InChI=1S/C25H33N5O5S/c1-17-26-16-23(35-17)25-28-20-15-22(34-11-5-10-30-8-3-4-9-30)21(33-2)14-19(20)24(29-25)27-18-6-12-36(31,32)13-7-18/h14-16,18H,3-13H2,1-2H3,(H,27,28,29). The van der Waals surface area contributed by atoms with Gasteiger partial charge in [0.25, 0.3) is 0 Å². The molecule has 36 heavy (non-hydrogen) atoms. The van der Waals surface area contributed by atoms with Gasteiger partial charge < -0.3 is 24.1 Å². The molecule has 0 bridgehead atoms. The molecule has 0 spiro atoms. The maximum Gasteiger partial charge on any atom is 0.199 e. The molecule has 2 aliphatic rings. The Morgan fingerprint density at radius 2 is 1.92 bits per heavy atom. The van der Waals surface area contributed by atoms with E-state index in [1.54, 1.807) is 20.2 Å². The third-order valence-corrected chi connectivity index (χ3v) is 8.51. The number of rotatable bonds is 9. The molecule has 4 heterocycles. The van der Waals surface area contributed by atoms with Crippen molar-refractivity contribution in [2.75, 3.05) is 50.2 Å². The van der Waals surface area contributed by atoms with Crippen LogP contribution in [0.5, 0.6) is 11.5 Å². The van der Waals surface area contributed by atoms with Crippen molar-refractivity contribution in [1.29, 1.82) is 0 Å². The highest BCUT2D eigenvalue weighted by molar-refractivity contribution is 7.91. The maximum atomic E-state index is 11.9. The topological polar surface area (TPSA) is 120 Å². The monoisotopic (exact) mass is 515 g/mol. The Balaban J connectivity index is 1.43. The Bertz CT molecular complexity index is 1310. The second-order valence-corrected chi connectivity index (χ2v) is 11.8. The van der Waals surface area contributed by atoms with Gasteiger partial charge in [-0.25, -0.2) is 23.4 Å². The highest BCUT2D eigenvalue weighted by Crippen LogP contribution is 2.36. The lowest BCUT2D eigenvalue weighted by Gasteiger charge is -2.24. The Hall–Kier alpha value is -2.92. The fraction of sp³-hybridized carbons (Fsp3) is 0.560.